The van der Waals surface area contributed by atoms with Gasteiger partial charge in [-0.2, -0.15) is 0 Å². The molecular weight excluding hydrogens is 570 g/mol. The Morgan fingerprint density at radius 1 is 0.522 bits per heavy atom. The number of hydrogen-bond donors (Lipinski definition) is 4. The van der Waals surface area contributed by atoms with Crippen LogP contribution in [0.2, 0.25) is 0 Å². The molecule has 270 valence electrons. The van der Waals surface area contributed by atoms with Crippen LogP contribution in [0, 0.1) is 0 Å². The van der Waals surface area contributed by atoms with Gasteiger partial charge in [0.1, 0.15) is 6.10 Å². The van der Waals surface area contributed by atoms with E-state index in [1.807, 2.05) is 6.08 Å². The number of amides is 1. The zero-order valence-electron chi connectivity index (χ0n) is 30.5. The number of hydrogen-bond acceptors (Lipinski definition) is 4. The van der Waals surface area contributed by atoms with Crippen LogP contribution in [0.4, 0.5) is 0 Å². The zero-order chi connectivity index (χ0) is 33.8. The van der Waals surface area contributed by atoms with Gasteiger partial charge >= 0.3 is 0 Å². The maximum atomic E-state index is 12.4. The molecule has 0 aliphatic heterocycles. The van der Waals surface area contributed by atoms with Crippen molar-refractivity contribution in [3.63, 3.8) is 0 Å². The number of allylic oxidation sites excluding steroid dienone is 5. The zero-order valence-corrected chi connectivity index (χ0v) is 30.5. The van der Waals surface area contributed by atoms with Gasteiger partial charge in [0.2, 0.25) is 5.91 Å². The molecule has 0 aromatic heterocycles. The predicted molar refractivity (Wildman–Crippen MR) is 199 cm³/mol. The van der Waals surface area contributed by atoms with E-state index in [1.54, 1.807) is 6.08 Å². The van der Waals surface area contributed by atoms with Crippen LogP contribution in [-0.2, 0) is 4.79 Å². The Bertz CT molecular complexity index is 719. The van der Waals surface area contributed by atoms with Gasteiger partial charge in [0, 0.05) is 0 Å². The number of carbonyl (C=O) groups excluding carboxylic acids is 1. The number of nitrogens with one attached hydrogen (secondary N) is 1. The maximum absolute atomic E-state index is 12.4. The molecule has 5 heteroatoms. The van der Waals surface area contributed by atoms with Crippen molar-refractivity contribution in [1.82, 2.24) is 5.32 Å². The summed E-state index contributed by atoms with van der Waals surface area (Å²) in [6.45, 7) is 4.11. The third-order valence-corrected chi connectivity index (χ3v) is 8.95. The summed E-state index contributed by atoms with van der Waals surface area (Å²) in [5, 5.41) is 32.9. The fourth-order valence-electron chi connectivity index (χ4n) is 5.77. The molecule has 0 saturated heterocycles. The SMILES string of the molecule is CCCC/C=C\CCCCCCC(O)C(=O)NC(CO)C(O)/C=C/CC/C=C/CCCCCCCCCCCCCCCCCC. The Morgan fingerprint density at radius 2 is 0.913 bits per heavy atom. The molecule has 1 amide bonds. The molecule has 0 radical (unpaired) electrons. The number of unbranched alkanes of at least 4 members (excludes halogenated alkanes) is 23. The third kappa shape index (κ3) is 31.2. The number of aliphatic hydroxyl groups is 3. The molecule has 5 nitrogen and oxygen atoms in total. The largest absolute Gasteiger partial charge is 0.394 e. The number of aliphatic hydroxyl groups excluding tert-OH is 3. The molecule has 0 aromatic rings. The Balaban J connectivity index is 3.72. The van der Waals surface area contributed by atoms with Gasteiger partial charge in [0.05, 0.1) is 18.8 Å². The van der Waals surface area contributed by atoms with E-state index in [9.17, 15) is 20.1 Å². The van der Waals surface area contributed by atoms with Gasteiger partial charge in [-0.25, -0.2) is 0 Å². The summed E-state index contributed by atoms with van der Waals surface area (Å²) in [7, 11) is 0. The normalized spacial score (nSPS) is 14.1. The highest BCUT2D eigenvalue weighted by Crippen LogP contribution is 2.14. The van der Waals surface area contributed by atoms with E-state index in [1.165, 1.54) is 116 Å². The molecule has 0 aromatic carbocycles. The van der Waals surface area contributed by atoms with Gasteiger partial charge in [0.25, 0.3) is 0 Å². The summed E-state index contributed by atoms with van der Waals surface area (Å²) in [4.78, 5) is 12.4. The molecular formula is C41H77NO4. The highest BCUT2D eigenvalue weighted by atomic mass is 16.3. The quantitative estimate of drug-likeness (QED) is 0.0407. The average molecular weight is 648 g/mol. The van der Waals surface area contributed by atoms with E-state index in [2.05, 4.69) is 43.5 Å². The second kappa shape index (κ2) is 36.4. The van der Waals surface area contributed by atoms with Crippen LogP contribution >= 0.6 is 0 Å². The highest BCUT2D eigenvalue weighted by Gasteiger charge is 2.22. The van der Waals surface area contributed by atoms with Crippen LogP contribution in [0.5, 0.6) is 0 Å². The van der Waals surface area contributed by atoms with E-state index in [-0.39, 0.29) is 6.61 Å². The molecule has 46 heavy (non-hydrogen) atoms. The average Bonchev–Trinajstić information content (AvgIpc) is 3.06. The standard InChI is InChI=1S/C41H77NO4/c1-3-5-7-9-11-13-15-16-17-18-19-20-21-22-23-24-25-26-28-29-31-33-35-39(44)38(37-43)42-41(46)40(45)36-34-32-30-27-14-12-10-8-6-4-2/h10,12,26,28,33,35,38-40,43-45H,3-9,11,13-25,27,29-32,34,36-37H2,1-2H3,(H,42,46)/b12-10-,28-26+,35-33+. The summed E-state index contributed by atoms with van der Waals surface area (Å²) >= 11 is 0. The maximum Gasteiger partial charge on any atom is 0.249 e. The third-order valence-electron chi connectivity index (χ3n) is 8.95. The Kier molecular flexibility index (Phi) is 35.3. The molecule has 0 bridgehead atoms. The van der Waals surface area contributed by atoms with Crippen molar-refractivity contribution in [2.24, 2.45) is 0 Å². The minimum absolute atomic E-state index is 0.380. The predicted octanol–water partition coefficient (Wildman–Crippen LogP) is 10.8. The first-order valence-electron chi connectivity index (χ1n) is 19.8. The summed E-state index contributed by atoms with van der Waals surface area (Å²) in [5.74, 6) is -0.526. The molecule has 0 heterocycles. The van der Waals surface area contributed by atoms with Gasteiger partial charge < -0.3 is 20.6 Å². The van der Waals surface area contributed by atoms with E-state index in [0.717, 1.165) is 57.8 Å². The lowest BCUT2D eigenvalue weighted by Crippen LogP contribution is -2.48. The van der Waals surface area contributed by atoms with Gasteiger partial charge in [-0.1, -0.05) is 179 Å². The van der Waals surface area contributed by atoms with Crippen molar-refractivity contribution >= 4 is 5.91 Å². The van der Waals surface area contributed by atoms with Crippen molar-refractivity contribution in [2.75, 3.05) is 6.61 Å². The van der Waals surface area contributed by atoms with Crippen molar-refractivity contribution < 1.29 is 20.1 Å². The topological polar surface area (TPSA) is 89.8 Å². The molecule has 4 N–H and O–H groups in total. The van der Waals surface area contributed by atoms with Crippen LogP contribution in [0.1, 0.15) is 194 Å². The summed E-state index contributed by atoms with van der Waals surface area (Å²) in [5.41, 5.74) is 0. The van der Waals surface area contributed by atoms with Crippen LogP contribution < -0.4 is 5.32 Å². The molecule has 0 saturated carbocycles. The first-order valence-corrected chi connectivity index (χ1v) is 19.8. The first-order chi connectivity index (χ1) is 22.6. The van der Waals surface area contributed by atoms with Gasteiger partial charge in [-0.05, 0) is 51.4 Å². The Hall–Kier alpha value is -1.43. The van der Waals surface area contributed by atoms with Crippen molar-refractivity contribution in [1.29, 1.82) is 0 Å². The molecule has 0 aliphatic rings. The first kappa shape index (κ1) is 44.6. The van der Waals surface area contributed by atoms with Crippen molar-refractivity contribution in [3.8, 4) is 0 Å². The highest BCUT2D eigenvalue weighted by molar-refractivity contribution is 5.80. The minimum Gasteiger partial charge on any atom is -0.394 e. The molecule has 3 atom stereocenters. The van der Waals surface area contributed by atoms with Crippen LogP contribution in [0.15, 0.2) is 36.5 Å². The minimum atomic E-state index is -1.11. The fraction of sp³-hybridized carbons (Fsp3) is 0.829. The Labute approximate surface area is 285 Å². The van der Waals surface area contributed by atoms with E-state index in [0.29, 0.717) is 6.42 Å². The number of rotatable bonds is 35. The molecule has 0 rings (SSSR count). The second-order valence-electron chi connectivity index (χ2n) is 13.5. The van der Waals surface area contributed by atoms with Crippen molar-refractivity contribution in [2.45, 2.75) is 212 Å². The second-order valence-corrected chi connectivity index (χ2v) is 13.5. The lowest BCUT2D eigenvalue weighted by Gasteiger charge is -2.21. The molecule has 0 fully saturated rings. The molecule has 0 spiro atoms. The lowest BCUT2D eigenvalue weighted by atomic mass is 10.0. The summed E-state index contributed by atoms with van der Waals surface area (Å²) in [6, 6.07) is -0.816. The van der Waals surface area contributed by atoms with E-state index < -0.39 is 24.2 Å². The smallest absolute Gasteiger partial charge is 0.249 e. The van der Waals surface area contributed by atoms with E-state index >= 15 is 0 Å². The Morgan fingerprint density at radius 3 is 1.39 bits per heavy atom. The molecule has 3 unspecified atom stereocenters. The van der Waals surface area contributed by atoms with Crippen LogP contribution in [-0.4, -0.2) is 46.1 Å². The van der Waals surface area contributed by atoms with E-state index in [4.69, 9.17) is 0 Å². The lowest BCUT2D eigenvalue weighted by molar-refractivity contribution is -0.131. The van der Waals surface area contributed by atoms with Crippen molar-refractivity contribution in [3.05, 3.63) is 36.5 Å². The van der Waals surface area contributed by atoms with Crippen LogP contribution in [0.3, 0.4) is 0 Å². The molecule has 0 aliphatic carbocycles. The van der Waals surface area contributed by atoms with Gasteiger partial charge in [0.15, 0.2) is 0 Å². The summed E-state index contributed by atoms with van der Waals surface area (Å²) in [6.07, 6.45) is 44.7. The fourth-order valence-corrected chi connectivity index (χ4v) is 5.77. The summed E-state index contributed by atoms with van der Waals surface area (Å²) < 4.78 is 0. The van der Waals surface area contributed by atoms with Gasteiger partial charge in [-0.3, -0.25) is 4.79 Å². The van der Waals surface area contributed by atoms with Crippen LogP contribution in [0.25, 0.3) is 0 Å². The monoisotopic (exact) mass is 648 g/mol. The number of carbonyl (C=O) groups is 1. The van der Waals surface area contributed by atoms with Gasteiger partial charge in [-0.15, -0.1) is 0 Å².